The van der Waals surface area contributed by atoms with Gasteiger partial charge in [-0.2, -0.15) is 5.10 Å². The molecule has 3 fully saturated rings. The van der Waals surface area contributed by atoms with Crippen molar-refractivity contribution in [1.29, 1.82) is 0 Å². The van der Waals surface area contributed by atoms with Gasteiger partial charge in [-0.3, -0.25) is 0 Å². The number of rotatable bonds is 4. The number of fused-ring (bicyclic) bond motifs is 3. The number of benzene rings is 1. The molecule has 0 spiro atoms. The SMILES string of the molecule is c1cc2c(ccn2CC2CC3CCC2N3)cc1-c1cnn(C2CCCCO2)c1. The summed E-state index contributed by atoms with van der Waals surface area (Å²) in [6, 6.07) is 10.6. The van der Waals surface area contributed by atoms with Crippen molar-refractivity contribution in [3.05, 3.63) is 42.9 Å². The zero-order chi connectivity index (χ0) is 18.5. The number of hydrogen-bond donors (Lipinski definition) is 1. The number of hydrogen-bond acceptors (Lipinski definition) is 3. The minimum absolute atomic E-state index is 0.0997. The van der Waals surface area contributed by atoms with Crippen molar-refractivity contribution < 1.29 is 4.74 Å². The van der Waals surface area contributed by atoms with Crippen LogP contribution in [0.15, 0.2) is 42.9 Å². The number of aromatic nitrogens is 3. The average molecular weight is 377 g/mol. The average Bonchev–Trinajstić information content (AvgIpc) is 3.53. The van der Waals surface area contributed by atoms with E-state index in [4.69, 9.17) is 4.74 Å². The fraction of sp³-hybridized carbons (Fsp3) is 0.522. The summed E-state index contributed by atoms with van der Waals surface area (Å²) in [6.45, 7) is 1.98. The molecule has 0 saturated carbocycles. The molecular formula is C23H28N4O. The maximum atomic E-state index is 5.86. The highest BCUT2D eigenvalue weighted by Gasteiger charge is 2.38. The van der Waals surface area contributed by atoms with E-state index in [0.717, 1.165) is 44.0 Å². The van der Waals surface area contributed by atoms with Crippen LogP contribution >= 0.6 is 0 Å². The Labute approximate surface area is 165 Å². The molecule has 4 unspecified atom stereocenters. The molecule has 1 aromatic carbocycles. The predicted octanol–water partition coefficient (Wildman–Crippen LogP) is 4.34. The van der Waals surface area contributed by atoms with Gasteiger partial charge in [0.1, 0.15) is 6.23 Å². The molecule has 0 amide bonds. The monoisotopic (exact) mass is 376 g/mol. The van der Waals surface area contributed by atoms with Crippen LogP contribution in [-0.2, 0) is 11.3 Å². The molecule has 1 N–H and O–H groups in total. The van der Waals surface area contributed by atoms with Gasteiger partial charge in [0, 0.05) is 54.1 Å². The van der Waals surface area contributed by atoms with Gasteiger partial charge in [0.25, 0.3) is 0 Å². The molecular weight excluding hydrogens is 348 g/mol. The van der Waals surface area contributed by atoms with Crippen molar-refractivity contribution in [1.82, 2.24) is 19.7 Å². The summed E-state index contributed by atoms with van der Waals surface area (Å²) >= 11 is 0. The highest BCUT2D eigenvalue weighted by atomic mass is 16.5. The van der Waals surface area contributed by atoms with Crippen LogP contribution in [-0.4, -0.2) is 33.0 Å². The van der Waals surface area contributed by atoms with Gasteiger partial charge >= 0.3 is 0 Å². The molecule has 28 heavy (non-hydrogen) atoms. The predicted molar refractivity (Wildman–Crippen MR) is 110 cm³/mol. The lowest BCUT2D eigenvalue weighted by molar-refractivity contribution is -0.0394. The third-order valence-corrected chi connectivity index (χ3v) is 7.02. The molecule has 146 valence electrons. The summed E-state index contributed by atoms with van der Waals surface area (Å²) in [5.41, 5.74) is 3.74. The molecule has 5 heteroatoms. The van der Waals surface area contributed by atoms with Gasteiger partial charge in [0.2, 0.25) is 0 Å². The zero-order valence-electron chi connectivity index (χ0n) is 16.3. The van der Waals surface area contributed by atoms with Crippen molar-refractivity contribution in [3.8, 4) is 11.1 Å². The van der Waals surface area contributed by atoms with Crippen molar-refractivity contribution in [2.45, 2.75) is 63.4 Å². The van der Waals surface area contributed by atoms with E-state index in [1.54, 1.807) is 0 Å². The van der Waals surface area contributed by atoms with E-state index < -0.39 is 0 Å². The van der Waals surface area contributed by atoms with E-state index in [9.17, 15) is 0 Å². The summed E-state index contributed by atoms with van der Waals surface area (Å²) in [6.07, 6.45) is 14.0. The molecule has 4 atom stereocenters. The van der Waals surface area contributed by atoms with E-state index in [1.165, 1.54) is 47.7 Å². The largest absolute Gasteiger partial charge is 0.357 e. The Morgan fingerprint density at radius 2 is 2.11 bits per heavy atom. The Balaban J connectivity index is 1.23. The Kier molecular flexibility index (Phi) is 4.05. The van der Waals surface area contributed by atoms with Gasteiger partial charge in [-0.15, -0.1) is 0 Å². The fourth-order valence-corrected chi connectivity index (χ4v) is 5.51. The molecule has 0 aliphatic carbocycles. The van der Waals surface area contributed by atoms with E-state index in [1.807, 2.05) is 10.9 Å². The lowest BCUT2D eigenvalue weighted by atomic mass is 9.89. The van der Waals surface area contributed by atoms with Crippen LogP contribution < -0.4 is 5.32 Å². The normalized spacial score (nSPS) is 29.7. The van der Waals surface area contributed by atoms with Crippen LogP contribution in [0.25, 0.3) is 22.0 Å². The van der Waals surface area contributed by atoms with Gasteiger partial charge in [-0.1, -0.05) is 6.07 Å². The summed E-state index contributed by atoms with van der Waals surface area (Å²) in [7, 11) is 0. The molecule has 3 aliphatic rings. The third-order valence-electron chi connectivity index (χ3n) is 7.02. The summed E-state index contributed by atoms with van der Waals surface area (Å²) in [5.74, 6) is 0.780. The lowest BCUT2D eigenvalue weighted by Gasteiger charge is -2.22. The van der Waals surface area contributed by atoms with Gasteiger partial charge in [0.15, 0.2) is 0 Å². The Hall–Kier alpha value is -2.11. The van der Waals surface area contributed by atoms with Crippen LogP contribution in [0.2, 0.25) is 0 Å². The van der Waals surface area contributed by atoms with Crippen LogP contribution in [0.3, 0.4) is 0 Å². The van der Waals surface area contributed by atoms with E-state index in [2.05, 4.69) is 51.6 Å². The maximum absolute atomic E-state index is 5.86. The van der Waals surface area contributed by atoms with Crippen LogP contribution in [0.4, 0.5) is 0 Å². The van der Waals surface area contributed by atoms with Gasteiger partial charge in [-0.05, 0) is 68.2 Å². The Morgan fingerprint density at radius 1 is 1.11 bits per heavy atom. The minimum atomic E-state index is 0.0997. The van der Waals surface area contributed by atoms with Gasteiger partial charge in [0.05, 0.1) is 6.20 Å². The number of nitrogens with one attached hydrogen (secondary N) is 1. The van der Waals surface area contributed by atoms with E-state index >= 15 is 0 Å². The highest BCUT2D eigenvalue weighted by molar-refractivity contribution is 5.85. The first-order valence-corrected chi connectivity index (χ1v) is 10.8. The van der Waals surface area contributed by atoms with Crippen LogP contribution in [0, 0.1) is 5.92 Å². The number of ether oxygens (including phenoxy) is 1. The fourth-order valence-electron chi connectivity index (χ4n) is 5.51. The molecule has 6 rings (SSSR count). The number of nitrogens with zero attached hydrogens (tertiary/aromatic N) is 3. The standard InChI is InChI=1S/C23H28N4O/c1-2-10-28-23(3-1)27-15-19(13-24-27)16-4-7-22-17(11-16)8-9-26(22)14-18-12-20-5-6-21(18)25-20/h4,7-9,11,13,15,18,20-21,23,25H,1-3,5-6,10,12,14H2. The van der Waals surface area contributed by atoms with E-state index in [0.29, 0.717) is 0 Å². The highest BCUT2D eigenvalue weighted by Crippen LogP contribution is 2.35. The van der Waals surface area contributed by atoms with Crippen LogP contribution in [0.1, 0.15) is 44.8 Å². The summed E-state index contributed by atoms with van der Waals surface area (Å²) in [5, 5.41) is 9.65. The molecule has 3 aromatic rings. The Bertz CT molecular complexity index is 984. The minimum Gasteiger partial charge on any atom is -0.357 e. The van der Waals surface area contributed by atoms with Gasteiger partial charge < -0.3 is 14.6 Å². The van der Waals surface area contributed by atoms with E-state index in [-0.39, 0.29) is 6.23 Å². The second-order valence-electron chi connectivity index (χ2n) is 8.82. The van der Waals surface area contributed by atoms with Crippen LogP contribution in [0.5, 0.6) is 0 Å². The first-order chi connectivity index (χ1) is 13.8. The molecule has 0 radical (unpaired) electrons. The third kappa shape index (κ3) is 2.88. The zero-order valence-corrected chi connectivity index (χ0v) is 16.3. The smallest absolute Gasteiger partial charge is 0.150 e. The molecule has 2 bridgehead atoms. The first kappa shape index (κ1) is 16.8. The molecule has 5 heterocycles. The molecule has 2 aromatic heterocycles. The molecule has 3 saturated heterocycles. The van der Waals surface area contributed by atoms with Crippen molar-refractivity contribution in [2.24, 2.45) is 5.92 Å². The Morgan fingerprint density at radius 3 is 2.93 bits per heavy atom. The van der Waals surface area contributed by atoms with Crippen molar-refractivity contribution in [3.63, 3.8) is 0 Å². The second-order valence-corrected chi connectivity index (χ2v) is 8.82. The first-order valence-electron chi connectivity index (χ1n) is 10.8. The second kappa shape index (κ2) is 6.75. The summed E-state index contributed by atoms with van der Waals surface area (Å²) < 4.78 is 10.3. The maximum Gasteiger partial charge on any atom is 0.150 e. The molecule has 3 aliphatic heterocycles. The van der Waals surface area contributed by atoms with Crippen molar-refractivity contribution >= 4 is 10.9 Å². The van der Waals surface area contributed by atoms with Gasteiger partial charge in [-0.25, -0.2) is 4.68 Å². The lowest BCUT2D eigenvalue weighted by Crippen LogP contribution is -2.25. The quantitative estimate of drug-likeness (QED) is 0.736. The van der Waals surface area contributed by atoms with Crippen molar-refractivity contribution in [2.75, 3.05) is 6.61 Å². The summed E-state index contributed by atoms with van der Waals surface area (Å²) in [4.78, 5) is 0. The topological polar surface area (TPSA) is 44.0 Å². The molecule has 5 nitrogen and oxygen atoms in total.